The van der Waals surface area contributed by atoms with Crippen LogP contribution >= 0.6 is 34.5 Å². The van der Waals surface area contributed by atoms with Gasteiger partial charge in [-0.3, -0.25) is 0 Å². The van der Waals surface area contributed by atoms with E-state index in [-0.39, 0.29) is 11.7 Å². The molecule has 0 aliphatic heterocycles. The first kappa shape index (κ1) is 25.9. The summed E-state index contributed by atoms with van der Waals surface area (Å²) >= 11 is 14.4. The van der Waals surface area contributed by atoms with Crippen molar-refractivity contribution in [2.45, 2.75) is 51.5 Å². The van der Waals surface area contributed by atoms with Crippen molar-refractivity contribution in [1.82, 2.24) is 0 Å². The smallest absolute Gasteiger partial charge is 0.416 e. The third-order valence-electron chi connectivity index (χ3n) is 4.94. The van der Waals surface area contributed by atoms with E-state index in [0.29, 0.717) is 28.6 Å². The van der Waals surface area contributed by atoms with Crippen LogP contribution in [-0.4, -0.2) is 12.7 Å². The number of ether oxygens (including phenoxy) is 2. The summed E-state index contributed by atoms with van der Waals surface area (Å²) in [6.45, 7) is 5.82. The molecule has 0 saturated heterocycles. The van der Waals surface area contributed by atoms with Gasteiger partial charge in [-0.05, 0) is 75.1 Å². The lowest BCUT2D eigenvalue weighted by atomic mass is 10.0. The van der Waals surface area contributed by atoms with Crippen LogP contribution in [-0.2, 0) is 17.3 Å². The van der Waals surface area contributed by atoms with Crippen molar-refractivity contribution in [3.8, 4) is 16.2 Å². The minimum absolute atomic E-state index is 0.182. The van der Waals surface area contributed by atoms with Crippen LogP contribution in [0, 0.1) is 0 Å². The standard InChI is InChI=1S/C25H25Cl2F3O2S/c1-24(2,3)32-19-12-8-16(22(26)23(19)27)7-11-18(31-4)21-14-13-20(33-21)15-5-9-17(10-6-15)25(28,29)30/h5-6,8-10,12-14,18H,7,11H2,1-4H3. The molecule has 0 saturated carbocycles. The van der Waals surface area contributed by atoms with Crippen LogP contribution in [0.1, 0.15) is 49.3 Å². The molecule has 8 heteroatoms. The molecule has 1 atom stereocenters. The molecule has 33 heavy (non-hydrogen) atoms. The van der Waals surface area contributed by atoms with E-state index in [0.717, 1.165) is 33.0 Å². The van der Waals surface area contributed by atoms with Gasteiger partial charge in [-0.25, -0.2) is 0 Å². The third kappa shape index (κ3) is 6.66. The topological polar surface area (TPSA) is 18.5 Å². The van der Waals surface area contributed by atoms with E-state index >= 15 is 0 Å². The Bertz CT molecular complexity index is 1090. The number of thiophene rings is 1. The van der Waals surface area contributed by atoms with E-state index in [9.17, 15) is 13.2 Å². The summed E-state index contributed by atoms with van der Waals surface area (Å²) in [5.74, 6) is 0.542. The highest BCUT2D eigenvalue weighted by atomic mass is 35.5. The summed E-state index contributed by atoms with van der Waals surface area (Å²) in [6.07, 6.45) is -3.22. The molecule has 1 heterocycles. The second-order valence-electron chi connectivity index (χ2n) is 8.61. The Balaban J connectivity index is 1.71. The minimum Gasteiger partial charge on any atom is -0.487 e. The number of halogens is 5. The highest BCUT2D eigenvalue weighted by Gasteiger charge is 2.30. The molecule has 3 aromatic rings. The summed E-state index contributed by atoms with van der Waals surface area (Å²) in [7, 11) is 1.64. The molecule has 0 bridgehead atoms. The summed E-state index contributed by atoms with van der Waals surface area (Å²) in [4.78, 5) is 1.87. The molecule has 2 aromatic carbocycles. The largest absolute Gasteiger partial charge is 0.487 e. The lowest BCUT2D eigenvalue weighted by Gasteiger charge is -2.23. The van der Waals surface area contributed by atoms with Crippen LogP contribution in [0.5, 0.6) is 5.75 Å². The molecule has 0 aliphatic rings. The average molecular weight is 517 g/mol. The van der Waals surface area contributed by atoms with Gasteiger partial charge in [0, 0.05) is 16.9 Å². The Labute approximate surface area is 206 Å². The number of methoxy groups -OCH3 is 1. The Kier molecular flexibility index (Phi) is 8.05. The first-order chi connectivity index (χ1) is 15.4. The Morgan fingerprint density at radius 1 is 0.909 bits per heavy atom. The molecule has 0 amide bonds. The van der Waals surface area contributed by atoms with E-state index < -0.39 is 11.7 Å². The summed E-state index contributed by atoms with van der Waals surface area (Å²) in [5.41, 5.74) is 0.578. The highest BCUT2D eigenvalue weighted by Crippen LogP contribution is 2.39. The normalized spacial score (nSPS) is 13.2. The fourth-order valence-electron chi connectivity index (χ4n) is 3.34. The van der Waals surface area contributed by atoms with Crippen molar-refractivity contribution < 1.29 is 22.6 Å². The van der Waals surface area contributed by atoms with Gasteiger partial charge in [0.05, 0.1) is 16.7 Å². The monoisotopic (exact) mass is 516 g/mol. The fraction of sp³-hybridized carbons (Fsp3) is 0.360. The highest BCUT2D eigenvalue weighted by molar-refractivity contribution is 7.15. The van der Waals surface area contributed by atoms with E-state index in [1.165, 1.54) is 23.5 Å². The second kappa shape index (κ2) is 10.3. The van der Waals surface area contributed by atoms with Crippen LogP contribution in [0.2, 0.25) is 10.0 Å². The molecule has 0 aliphatic carbocycles. The molecule has 0 N–H and O–H groups in total. The van der Waals surface area contributed by atoms with E-state index in [2.05, 4.69) is 0 Å². The number of hydrogen-bond donors (Lipinski definition) is 0. The van der Waals surface area contributed by atoms with Crippen LogP contribution in [0.4, 0.5) is 13.2 Å². The molecule has 0 radical (unpaired) electrons. The number of aryl methyl sites for hydroxylation is 1. The number of hydrogen-bond acceptors (Lipinski definition) is 3. The zero-order valence-electron chi connectivity index (χ0n) is 18.7. The zero-order valence-corrected chi connectivity index (χ0v) is 21.1. The summed E-state index contributed by atoms with van der Waals surface area (Å²) in [6, 6.07) is 12.8. The predicted molar refractivity (Wildman–Crippen MR) is 130 cm³/mol. The molecule has 1 unspecified atom stereocenters. The second-order valence-corrected chi connectivity index (χ2v) is 10.5. The van der Waals surface area contributed by atoms with Crippen molar-refractivity contribution in [2.75, 3.05) is 7.11 Å². The average Bonchev–Trinajstić information content (AvgIpc) is 3.22. The first-order valence-corrected chi connectivity index (χ1v) is 11.9. The third-order valence-corrected chi connectivity index (χ3v) is 7.07. The van der Waals surface area contributed by atoms with Gasteiger partial charge in [0.15, 0.2) is 0 Å². The van der Waals surface area contributed by atoms with E-state index in [1.807, 2.05) is 45.0 Å². The molecule has 1 aromatic heterocycles. The maximum atomic E-state index is 12.8. The summed E-state index contributed by atoms with van der Waals surface area (Å²) < 4.78 is 50.0. The van der Waals surface area contributed by atoms with Gasteiger partial charge >= 0.3 is 6.18 Å². The van der Waals surface area contributed by atoms with Crippen LogP contribution in [0.3, 0.4) is 0 Å². The van der Waals surface area contributed by atoms with E-state index in [1.54, 1.807) is 7.11 Å². The molecule has 2 nitrogen and oxygen atoms in total. The van der Waals surface area contributed by atoms with Crippen molar-refractivity contribution in [2.24, 2.45) is 0 Å². The molecule has 0 fully saturated rings. The van der Waals surface area contributed by atoms with Gasteiger partial charge in [-0.2, -0.15) is 13.2 Å². The van der Waals surface area contributed by atoms with Crippen molar-refractivity contribution in [3.05, 3.63) is 74.6 Å². The van der Waals surface area contributed by atoms with Gasteiger partial charge in [-0.15, -0.1) is 11.3 Å². The van der Waals surface area contributed by atoms with Gasteiger partial charge < -0.3 is 9.47 Å². The number of benzene rings is 2. The van der Waals surface area contributed by atoms with E-state index in [4.69, 9.17) is 32.7 Å². The number of rotatable bonds is 7. The van der Waals surface area contributed by atoms with Gasteiger partial charge in [0.1, 0.15) is 16.4 Å². The van der Waals surface area contributed by atoms with Crippen LogP contribution < -0.4 is 4.74 Å². The quantitative estimate of drug-likeness (QED) is 0.311. The maximum Gasteiger partial charge on any atom is 0.416 e. The Hall–Kier alpha value is -1.73. The van der Waals surface area contributed by atoms with Gasteiger partial charge in [-0.1, -0.05) is 41.4 Å². The Morgan fingerprint density at radius 2 is 1.58 bits per heavy atom. The predicted octanol–water partition coefficient (Wildman–Crippen LogP) is 9.24. The van der Waals surface area contributed by atoms with Gasteiger partial charge in [0.25, 0.3) is 0 Å². The van der Waals surface area contributed by atoms with Gasteiger partial charge in [0.2, 0.25) is 0 Å². The molecule has 0 spiro atoms. The van der Waals surface area contributed by atoms with Crippen molar-refractivity contribution in [3.63, 3.8) is 0 Å². The molecular weight excluding hydrogens is 492 g/mol. The first-order valence-electron chi connectivity index (χ1n) is 10.3. The molecular formula is C25H25Cl2F3O2S. The molecule has 3 rings (SSSR count). The van der Waals surface area contributed by atoms with Crippen LogP contribution in [0.15, 0.2) is 48.5 Å². The molecule has 178 valence electrons. The Morgan fingerprint density at radius 3 is 2.15 bits per heavy atom. The van der Waals surface area contributed by atoms with Crippen molar-refractivity contribution in [1.29, 1.82) is 0 Å². The fourth-order valence-corrected chi connectivity index (χ4v) is 4.94. The van der Waals surface area contributed by atoms with Crippen LogP contribution in [0.25, 0.3) is 10.4 Å². The lowest BCUT2D eigenvalue weighted by Crippen LogP contribution is -2.23. The SMILES string of the molecule is COC(CCc1ccc(OC(C)(C)C)c(Cl)c1Cl)c1ccc(-c2ccc(C(F)(F)F)cc2)s1. The maximum absolute atomic E-state index is 12.8. The minimum atomic E-state index is -4.35. The summed E-state index contributed by atoms with van der Waals surface area (Å²) in [5, 5.41) is 0.851. The number of alkyl halides is 3. The van der Waals surface area contributed by atoms with Crippen molar-refractivity contribution >= 4 is 34.5 Å². The lowest BCUT2D eigenvalue weighted by molar-refractivity contribution is -0.137. The zero-order chi connectivity index (χ0) is 24.4.